The molecule has 2 heterocycles. The summed E-state index contributed by atoms with van der Waals surface area (Å²) in [6, 6.07) is 10.5. The third-order valence-electron chi connectivity index (χ3n) is 4.43. The first-order chi connectivity index (χ1) is 10.3. The average molecular weight is 285 g/mol. The maximum absolute atomic E-state index is 12.1. The second kappa shape index (κ2) is 6.41. The van der Waals surface area contributed by atoms with Gasteiger partial charge in [-0.05, 0) is 43.5 Å². The molecule has 1 aliphatic heterocycles. The van der Waals surface area contributed by atoms with Crippen molar-refractivity contribution in [2.75, 3.05) is 19.6 Å². The fourth-order valence-corrected chi connectivity index (χ4v) is 3.24. The monoisotopic (exact) mass is 285 g/mol. The van der Waals surface area contributed by atoms with E-state index in [9.17, 15) is 4.79 Å². The van der Waals surface area contributed by atoms with Gasteiger partial charge in [0.15, 0.2) is 0 Å². The number of aromatic nitrogens is 1. The number of nitrogens with one attached hydrogen (secondary N) is 2. The van der Waals surface area contributed by atoms with Gasteiger partial charge in [0.2, 0.25) is 0 Å². The van der Waals surface area contributed by atoms with E-state index in [-0.39, 0.29) is 5.56 Å². The van der Waals surface area contributed by atoms with Crippen molar-refractivity contribution < 1.29 is 0 Å². The van der Waals surface area contributed by atoms with Gasteiger partial charge in [0, 0.05) is 30.2 Å². The van der Waals surface area contributed by atoms with E-state index in [1.54, 1.807) is 0 Å². The third-order valence-corrected chi connectivity index (χ3v) is 4.43. The number of H-pyrrole nitrogens is 1. The highest BCUT2D eigenvalue weighted by Gasteiger charge is 2.22. The van der Waals surface area contributed by atoms with E-state index in [0.717, 1.165) is 29.6 Å². The molecular formula is C17H23N3O. The van der Waals surface area contributed by atoms with Crippen LogP contribution in [0, 0.1) is 0 Å². The second-order valence-corrected chi connectivity index (χ2v) is 5.77. The number of hydrogen-bond donors (Lipinski definition) is 2. The molecule has 0 unspecified atom stereocenters. The Bertz CT molecular complexity index is 664. The minimum Gasteiger partial charge on any atom is -0.322 e. The Morgan fingerprint density at radius 1 is 1.38 bits per heavy atom. The summed E-state index contributed by atoms with van der Waals surface area (Å²) in [6.45, 7) is 6.13. The van der Waals surface area contributed by atoms with E-state index in [2.05, 4.69) is 22.1 Å². The summed E-state index contributed by atoms with van der Waals surface area (Å²) in [5.74, 6) is 0. The van der Waals surface area contributed by atoms with Gasteiger partial charge >= 0.3 is 0 Å². The zero-order valence-corrected chi connectivity index (χ0v) is 12.6. The van der Waals surface area contributed by atoms with Crippen LogP contribution in [-0.2, 0) is 6.54 Å². The van der Waals surface area contributed by atoms with Gasteiger partial charge in [-0.3, -0.25) is 9.69 Å². The van der Waals surface area contributed by atoms with Crippen LogP contribution in [0.2, 0.25) is 0 Å². The fraction of sp³-hybridized carbons (Fsp3) is 0.471. The van der Waals surface area contributed by atoms with E-state index in [0.29, 0.717) is 12.6 Å². The Kier molecular flexibility index (Phi) is 4.36. The number of likely N-dealkylation sites (tertiary alicyclic amines) is 1. The first-order valence-corrected chi connectivity index (χ1v) is 7.83. The van der Waals surface area contributed by atoms with E-state index in [1.807, 2.05) is 30.3 Å². The highest BCUT2D eigenvalue weighted by molar-refractivity contribution is 5.78. The molecule has 0 aliphatic carbocycles. The van der Waals surface area contributed by atoms with Crippen LogP contribution >= 0.6 is 0 Å². The zero-order valence-electron chi connectivity index (χ0n) is 12.6. The minimum absolute atomic E-state index is 0.0139. The maximum atomic E-state index is 12.1. The van der Waals surface area contributed by atoms with Gasteiger partial charge in [0.25, 0.3) is 5.56 Å². The van der Waals surface area contributed by atoms with Gasteiger partial charge in [-0.25, -0.2) is 0 Å². The number of nitrogens with zero attached hydrogens (tertiary/aromatic N) is 1. The molecule has 1 fully saturated rings. The van der Waals surface area contributed by atoms with Gasteiger partial charge in [-0.1, -0.05) is 25.1 Å². The van der Waals surface area contributed by atoms with Gasteiger partial charge in [-0.15, -0.1) is 0 Å². The number of benzene rings is 1. The Balaban J connectivity index is 1.65. The van der Waals surface area contributed by atoms with Crippen molar-refractivity contribution in [1.82, 2.24) is 15.2 Å². The molecule has 0 spiro atoms. The molecule has 0 saturated carbocycles. The van der Waals surface area contributed by atoms with Crippen molar-refractivity contribution in [3.8, 4) is 0 Å². The number of hydrogen-bond acceptors (Lipinski definition) is 3. The standard InChI is InChI=1S/C17H23N3O/c1-2-20-9-5-7-15(20)12-18-11-14-10-13-6-3-4-8-16(13)19-17(14)21/h3-4,6,8,10,15,18H,2,5,7,9,11-12H2,1H3,(H,19,21)/t15-/m1/s1. The van der Waals surface area contributed by atoms with Crippen LogP contribution < -0.4 is 10.9 Å². The first-order valence-electron chi connectivity index (χ1n) is 7.83. The highest BCUT2D eigenvalue weighted by Crippen LogP contribution is 2.15. The number of likely N-dealkylation sites (N-methyl/N-ethyl adjacent to an activating group) is 1. The van der Waals surface area contributed by atoms with Gasteiger partial charge in [-0.2, -0.15) is 0 Å². The van der Waals surface area contributed by atoms with E-state index in [1.165, 1.54) is 19.4 Å². The van der Waals surface area contributed by atoms with Crippen LogP contribution in [-0.4, -0.2) is 35.6 Å². The van der Waals surface area contributed by atoms with E-state index in [4.69, 9.17) is 0 Å². The first kappa shape index (κ1) is 14.3. The summed E-state index contributed by atoms with van der Waals surface area (Å²) >= 11 is 0. The molecule has 4 nitrogen and oxygen atoms in total. The highest BCUT2D eigenvalue weighted by atomic mass is 16.1. The zero-order chi connectivity index (χ0) is 14.7. The molecule has 1 aliphatic rings. The molecule has 4 heteroatoms. The molecule has 1 saturated heterocycles. The molecule has 3 rings (SSSR count). The number of aromatic amines is 1. The molecule has 0 bridgehead atoms. The molecular weight excluding hydrogens is 262 g/mol. The predicted octanol–water partition coefficient (Wildman–Crippen LogP) is 2.10. The summed E-state index contributed by atoms with van der Waals surface area (Å²) < 4.78 is 0. The number of para-hydroxylation sites is 1. The fourth-order valence-electron chi connectivity index (χ4n) is 3.24. The molecule has 1 aromatic carbocycles. The van der Waals surface area contributed by atoms with E-state index >= 15 is 0 Å². The van der Waals surface area contributed by atoms with E-state index < -0.39 is 0 Å². The number of fused-ring (bicyclic) bond motifs is 1. The van der Waals surface area contributed by atoms with Crippen molar-refractivity contribution in [3.63, 3.8) is 0 Å². The lowest BCUT2D eigenvalue weighted by Crippen LogP contribution is -2.38. The average Bonchev–Trinajstić information content (AvgIpc) is 2.95. The van der Waals surface area contributed by atoms with Crippen molar-refractivity contribution in [2.45, 2.75) is 32.4 Å². The van der Waals surface area contributed by atoms with Crippen LogP contribution in [0.25, 0.3) is 10.9 Å². The maximum Gasteiger partial charge on any atom is 0.252 e. The Hall–Kier alpha value is -1.65. The third kappa shape index (κ3) is 3.17. The Morgan fingerprint density at radius 3 is 3.10 bits per heavy atom. The molecule has 112 valence electrons. The lowest BCUT2D eigenvalue weighted by Gasteiger charge is -2.22. The number of pyridine rings is 1. The minimum atomic E-state index is 0.0139. The topological polar surface area (TPSA) is 48.1 Å². The lowest BCUT2D eigenvalue weighted by molar-refractivity contribution is 0.260. The summed E-state index contributed by atoms with van der Waals surface area (Å²) in [4.78, 5) is 17.5. The lowest BCUT2D eigenvalue weighted by atomic mass is 10.1. The molecule has 0 radical (unpaired) electrons. The van der Waals surface area contributed by atoms with Crippen LogP contribution in [0.5, 0.6) is 0 Å². The van der Waals surface area contributed by atoms with Crippen LogP contribution in [0.15, 0.2) is 35.1 Å². The van der Waals surface area contributed by atoms with Crippen LogP contribution in [0.4, 0.5) is 0 Å². The quantitative estimate of drug-likeness (QED) is 0.884. The predicted molar refractivity (Wildman–Crippen MR) is 86.5 cm³/mol. The Morgan fingerprint density at radius 2 is 2.24 bits per heavy atom. The summed E-state index contributed by atoms with van der Waals surface area (Å²) in [5.41, 5.74) is 1.73. The normalized spacial score (nSPS) is 19.4. The van der Waals surface area contributed by atoms with Crippen molar-refractivity contribution in [3.05, 3.63) is 46.2 Å². The summed E-state index contributed by atoms with van der Waals surface area (Å²) in [5, 5.41) is 4.54. The second-order valence-electron chi connectivity index (χ2n) is 5.77. The molecule has 1 atom stereocenters. The van der Waals surface area contributed by atoms with Crippen molar-refractivity contribution >= 4 is 10.9 Å². The number of rotatable bonds is 5. The smallest absolute Gasteiger partial charge is 0.252 e. The van der Waals surface area contributed by atoms with Crippen LogP contribution in [0.3, 0.4) is 0 Å². The van der Waals surface area contributed by atoms with Gasteiger partial charge in [0.05, 0.1) is 0 Å². The molecule has 1 aromatic heterocycles. The SMILES string of the molecule is CCN1CCC[C@@H]1CNCc1cc2ccccc2[nH]c1=O. The largest absolute Gasteiger partial charge is 0.322 e. The summed E-state index contributed by atoms with van der Waals surface area (Å²) in [7, 11) is 0. The van der Waals surface area contributed by atoms with Crippen LogP contribution in [0.1, 0.15) is 25.3 Å². The molecule has 2 aromatic rings. The van der Waals surface area contributed by atoms with Gasteiger partial charge in [0.1, 0.15) is 0 Å². The van der Waals surface area contributed by atoms with Gasteiger partial charge < -0.3 is 10.3 Å². The Labute approximate surface area is 125 Å². The summed E-state index contributed by atoms with van der Waals surface area (Å²) in [6.07, 6.45) is 2.55. The molecule has 21 heavy (non-hydrogen) atoms. The molecule has 2 N–H and O–H groups in total. The molecule has 0 amide bonds. The van der Waals surface area contributed by atoms with Crippen molar-refractivity contribution in [1.29, 1.82) is 0 Å². The van der Waals surface area contributed by atoms with Crippen molar-refractivity contribution in [2.24, 2.45) is 0 Å².